The lowest BCUT2D eigenvalue weighted by Crippen LogP contribution is -2.52. The summed E-state index contributed by atoms with van der Waals surface area (Å²) in [5.74, 6) is 0.430. The number of rotatable bonds is 7. The molecular formula is C17H27N3O3. The molecule has 0 atom stereocenters. The van der Waals surface area contributed by atoms with E-state index in [-0.39, 0.29) is 11.8 Å². The van der Waals surface area contributed by atoms with Gasteiger partial charge in [-0.25, -0.2) is 0 Å². The summed E-state index contributed by atoms with van der Waals surface area (Å²) in [7, 11) is 0. The highest BCUT2D eigenvalue weighted by Crippen LogP contribution is 2.10. The molecule has 0 bridgehead atoms. The van der Waals surface area contributed by atoms with E-state index in [2.05, 4.69) is 18.7 Å². The molecule has 0 spiro atoms. The van der Waals surface area contributed by atoms with E-state index in [4.69, 9.17) is 4.42 Å². The third-order valence-electron chi connectivity index (χ3n) is 4.09. The van der Waals surface area contributed by atoms with Gasteiger partial charge in [0.2, 0.25) is 5.91 Å². The van der Waals surface area contributed by atoms with Gasteiger partial charge in [-0.2, -0.15) is 0 Å². The molecule has 6 heteroatoms. The molecule has 1 fully saturated rings. The van der Waals surface area contributed by atoms with Crippen molar-refractivity contribution in [2.24, 2.45) is 0 Å². The molecule has 2 rings (SSSR count). The second-order valence-corrected chi connectivity index (χ2v) is 5.93. The van der Waals surface area contributed by atoms with Crippen molar-refractivity contribution in [3.8, 4) is 0 Å². The van der Waals surface area contributed by atoms with Crippen LogP contribution >= 0.6 is 0 Å². The average Bonchev–Trinajstić information content (AvgIpc) is 3.09. The molecule has 128 valence electrons. The van der Waals surface area contributed by atoms with Gasteiger partial charge in [-0.3, -0.25) is 14.5 Å². The van der Waals surface area contributed by atoms with Crippen molar-refractivity contribution in [3.63, 3.8) is 0 Å². The molecule has 0 radical (unpaired) electrons. The molecular weight excluding hydrogens is 294 g/mol. The summed E-state index contributed by atoms with van der Waals surface area (Å²) in [4.78, 5) is 30.5. The largest absolute Gasteiger partial charge is 0.459 e. The van der Waals surface area contributed by atoms with E-state index in [0.717, 1.165) is 25.9 Å². The quantitative estimate of drug-likeness (QED) is 0.767. The zero-order valence-corrected chi connectivity index (χ0v) is 14.2. The van der Waals surface area contributed by atoms with Gasteiger partial charge in [0.05, 0.1) is 12.8 Å². The zero-order chi connectivity index (χ0) is 16.7. The highest BCUT2D eigenvalue weighted by atomic mass is 16.3. The van der Waals surface area contributed by atoms with Crippen LogP contribution in [0.2, 0.25) is 0 Å². The van der Waals surface area contributed by atoms with Crippen LogP contribution in [0.1, 0.15) is 37.2 Å². The Morgan fingerprint density at radius 3 is 2.22 bits per heavy atom. The minimum atomic E-state index is -0.0966. The molecule has 1 saturated heterocycles. The van der Waals surface area contributed by atoms with Crippen LogP contribution < -0.4 is 0 Å². The fraction of sp³-hybridized carbons (Fsp3) is 0.647. The lowest BCUT2D eigenvalue weighted by Gasteiger charge is -2.35. The zero-order valence-electron chi connectivity index (χ0n) is 14.2. The monoisotopic (exact) mass is 321 g/mol. The summed E-state index contributed by atoms with van der Waals surface area (Å²) >= 11 is 0. The molecule has 0 saturated carbocycles. The molecule has 1 aromatic rings. The van der Waals surface area contributed by atoms with E-state index in [9.17, 15) is 9.59 Å². The van der Waals surface area contributed by atoms with Gasteiger partial charge in [0.1, 0.15) is 0 Å². The van der Waals surface area contributed by atoms with Crippen LogP contribution in [0.15, 0.2) is 22.8 Å². The number of carbonyl (C=O) groups excluding carboxylic acids is 2. The molecule has 1 aromatic heterocycles. The van der Waals surface area contributed by atoms with Crippen LogP contribution in [0.4, 0.5) is 0 Å². The lowest BCUT2D eigenvalue weighted by molar-refractivity contribution is -0.133. The molecule has 23 heavy (non-hydrogen) atoms. The summed E-state index contributed by atoms with van der Waals surface area (Å²) < 4.78 is 5.15. The Morgan fingerprint density at radius 1 is 1.09 bits per heavy atom. The van der Waals surface area contributed by atoms with Crippen molar-refractivity contribution in [2.45, 2.75) is 26.7 Å². The molecule has 2 heterocycles. The van der Waals surface area contributed by atoms with Crippen molar-refractivity contribution in [3.05, 3.63) is 24.2 Å². The van der Waals surface area contributed by atoms with Gasteiger partial charge < -0.3 is 14.2 Å². The number of carbonyl (C=O) groups is 2. The Balaban J connectivity index is 1.81. The third-order valence-corrected chi connectivity index (χ3v) is 4.09. The van der Waals surface area contributed by atoms with Crippen LogP contribution in [0.3, 0.4) is 0 Å². The number of piperazine rings is 1. The number of nitrogens with zero attached hydrogens (tertiary/aromatic N) is 3. The van der Waals surface area contributed by atoms with Crippen LogP contribution in [-0.2, 0) is 4.79 Å². The topological polar surface area (TPSA) is 57.0 Å². The van der Waals surface area contributed by atoms with E-state index in [1.807, 2.05) is 4.90 Å². The van der Waals surface area contributed by atoms with Gasteiger partial charge in [-0.1, -0.05) is 13.8 Å². The maximum Gasteiger partial charge on any atom is 0.289 e. The summed E-state index contributed by atoms with van der Waals surface area (Å²) in [6.45, 7) is 8.97. The summed E-state index contributed by atoms with van der Waals surface area (Å²) in [5.41, 5.74) is 0. The first-order valence-electron chi connectivity index (χ1n) is 8.48. The Kier molecular flexibility index (Phi) is 6.65. The predicted octanol–water partition coefficient (Wildman–Crippen LogP) is 1.69. The van der Waals surface area contributed by atoms with Crippen LogP contribution in [0, 0.1) is 0 Å². The van der Waals surface area contributed by atoms with Crippen molar-refractivity contribution >= 4 is 11.8 Å². The fourth-order valence-corrected chi connectivity index (χ4v) is 2.91. The molecule has 0 aromatic carbocycles. The summed E-state index contributed by atoms with van der Waals surface area (Å²) in [6, 6.07) is 3.39. The highest BCUT2D eigenvalue weighted by Gasteiger charge is 2.26. The minimum Gasteiger partial charge on any atom is -0.459 e. The Morgan fingerprint density at radius 2 is 1.70 bits per heavy atom. The predicted molar refractivity (Wildman–Crippen MR) is 88.2 cm³/mol. The number of hydrogen-bond donors (Lipinski definition) is 0. The van der Waals surface area contributed by atoms with Crippen LogP contribution in [0.25, 0.3) is 0 Å². The van der Waals surface area contributed by atoms with Gasteiger partial charge in [0.15, 0.2) is 5.76 Å². The Labute approximate surface area is 138 Å². The first kappa shape index (κ1) is 17.5. The maximum atomic E-state index is 12.4. The van der Waals surface area contributed by atoms with Gasteiger partial charge in [-0.15, -0.1) is 0 Å². The van der Waals surface area contributed by atoms with Crippen LogP contribution in [-0.4, -0.2) is 72.3 Å². The second kappa shape index (κ2) is 8.72. The fourth-order valence-electron chi connectivity index (χ4n) is 2.91. The van der Waals surface area contributed by atoms with Gasteiger partial charge in [0, 0.05) is 26.2 Å². The van der Waals surface area contributed by atoms with Crippen molar-refractivity contribution < 1.29 is 14.0 Å². The first-order valence-corrected chi connectivity index (χ1v) is 8.48. The molecule has 0 N–H and O–H groups in total. The highest BCUT2D eigenvalue weighted by molar-refractivity contribution is 5.91. The second-order valence-electron chi connectivity index (χ2n) is 5.93. The normalized spacial score (nSPS) is 15.3. The van der Waals surface area contributed by atoms with E-state index < -0.39 is 0 Å². The lowest BCUT2D eigenvalue weighted by atomic mass is 10.2. The first-order chi connectivity index (χ1) is 11.2. The van der Waals surface area contributed by atoms with E-state index in [1.54, 1.807) is 17.0 Å². The van der Waals surface area contributed by atoms with Gasteiger partial charge in [0.25, 0.3) is 5.91 Å². The van der Waals surface area contributed by atoms with Crippen LogP contribution in [0.5, 0.6) is 0 Å². The average molecular weight is 321 g/mol. The van der Waals surface area contributed by atoms with Crippen molar-refractivity contribution in [2.75, 3.05) is 45.8 Å². The van der Waals surface area contributed by atoms with Crippen molar-refractivity contribution in [1.82, 2.24) is 14.7 Å². The SMILES string of the molecule is CCCN(CCC)CC(=O)N1CCN(C(=O)c2ccco2)CC1. The summed E-state index contributed by atoms with van der Waals surface area (Å²) in [6.07, 6.45) is 3.61. The smallest absolute Gasteiger partial charge is 0.289 e. The van der Waals surface area contributed by atoms with E-state index >= 15 is 0 Å². The maximum absolute atomic E-state index is 12.4. The molecule has 1 aliphatic rings. The van der Waals surface area contributed by atoms with Crippen molar-refractivity contribution in [1.29, 1.82) is 0 Å². The number of hydrogen-bond acceptors (Lipinski definition) is 4. The van der Waals surface area contributed by atoms with E-state index in [0.29, 0.717) is 38.5 Å². The van der Waals surface area contributed by atoms with Gasteiger partial charge in [-0.05, 0) is 38.1 Å². The Bertz CT molecular complexity index is 487. The van der Waals surface area contributed by atoms with E-state index in [1.165, 1.54) is 6.26 Å². The molecule has 2 amide bonds. The third kappa shape index (κ3) is 4.82. The number of amides is 2. The molecule has 6 nitrogen and oxygen atoms in total. The minimum absolute atomic E-state index is 0.0966. The summed E-state index contributed by atoms with van der Waals surface area (Å²) in [5, 5.41) is 0. The molecule has 1 aliphatic heterocycles. The molecule has 0 unspecified atom stereocenters. The molecule has 0 aliphatic carbocycles. The standard InChI is InChI=1S/C17H27N3O3/c1-3-7-18(8-4-2)14-16(21)19-9-11-20(12-10-19)17(22)15-6-5-13-23-15/h5-6,13H,3-4,7-12,14H2,1-2H3. The Hall–Kier alpha value is -1.82. The van der Waals surface area contributed by atoms with Gasteiger partial charge >= 0.3 is 0 Å². The number of furan rings is 1.